The number of aliphatic hydroxyl groups excluding tert-OH is 1. The number of hydrogen-bond donors (Lipinski definition) is 2. The van der Waals surface area contributed by atoms with Crippen LogP contribution in [0, 0.1) is 0 Å². The van der Waals surface area contributed by atoms with Crippen LogP contribution < -0.4 is 5.43 Å². The highest BCUT2D eigenvalue weighted by atomic mass is 16.3. The molecule has 1 fully saturated rings. The fourth-order valence-electron chi connectivity index (χ4n) is 3.62. The van der Waals surface area contributed by atoms with Crippen molar-refractivity contribution in [1.29, 1.82) is 0 Å². The molecular formula is C21H27N2O2+. The number of carbonyl (C=O) groups is 1. The number of quaternary nitrogens is 1. The number of benzene rings is 2. The van der Waals surface area contributed by atoms with Crippen LogP contribution in [0.25, 0.3) is 0 Å². The lowest BCUT2D eigenvalue weighted by molar-refractivity contribution is -0.963. The quantitative estimate of drug-likeness (QED) is 0.820. The van der Waals surface area contributed by atoms with Gasteiger partial charge in [-0.3, -0.25) is 4.79 Å². The van der Waals surface area contributed by atoms with Crippen molar-refractivity contribution in [1.82, 2.24) is 5.43 Å². The van der Waals surface area contributed by atoms with Crippen LogP contribution in [-0.4, -0.2) is 35.2 Å². The van der Waals surface area contributed by atoms with Crippen molar-refractivity contribution in [3.05, 3.63) is 71.8 Å². The molecule has 4 nitrogen and oxygen atoms in total. The molecule has 2 aromatic carbocycles. The Balaban J connectivity index is 1.79. The third kappa shape index (κ3) is 4.68. The van der Waals surface area contributed by atoms with Crippen LogP contribution >= 0.6 is 0 Å². The average molecular weight is 339 g/mol. The van der Waals surface area contributed by atoms with Crippen LogP contribution in [0.4, 0.5) is 0 Å². The van der Waals surface area contributed by atoms with E-state index in [2.05, 4.69) is 5.43 Å². The Hall–Kier alpha value is -2.17. The van der Waals surface area contributed by atoms with E-state index in [4.69, 9.17) is 0 Å². The first-order valence-corrected chi connectivity index (χ1v) is 9.15. The summed E-state index contributed by atoms with van der Waals surface area (Å²) in [6.45, 7) is 2.23. The summed E-state index contributed by atoms with van der Waals surface area (Å²) in [4.78, 5) is 12.7. The largest absolute Gasteiger partial charge is 0.382 e. The maximum Gasteiger partial charge on any atom is 0.295 e. The molecule has 1 amide bonds. The molecule has 0 bridgehead atoms. The molecule has 4 heteroatoms. The molecule has 1 aliphatic heterocycles. The molecule has 1 aliphatic rings. The van der Waals surface area contributed by atoms with Gasteiger partial charge in [0.05, 0.1) is 0 Å². The first-order chi connectivity index (χ1) is 12.2. The highest BCUT2D eigenvalue weighted by Crippen LogP contribution is 2.22. The monoisotopic (exact) mass is 339 g/mol. The van der Waals surface area contributed by atoms with Crippen LogP contribution in [0.3, 0.4) is 0 Å². The van der Waals surface area contributed by atoms with Gasteiger partial charge >= 0.3 is 0 Å². The molecule has 0 radical (unpaired) electrons. The van der Waals surface area contributed by atoms with Crippen LogP contribution in [0.15, 0.2) is 60.7 Å². The highest BCUT2D eigenvalue weighted by molar-refractivity contribution is 5.93. The molecule has 132 valence electrons. The number of likely N-dealkylation sites (tertiary alicyclic amines) is 1. The lowest BCUT2D eigenvalue weighted by atomic mass is 10.1. The van der Waals surface area contributed by atoms with Crippen molar-refractivity contribution in [2.75, 3.05) is 19.6 Å². The average Bonchev–Trinajstić information content (AvgIpc) is 2.88. The fourth-order valence-corrected chi connectivity index (χ4v) is 3.62. The van der Waals surface area contributed by atoms with Crippen LogP contribution in [0.1, 0.15) is 47.7 Å². The van der Waals surface area contributed by atoms with Crippen molar-refractivity contribution in [2.45, 2.75) is 31.8 Å². The number of nitrogens with one attached hydrogen (secondary N) is 1. The fraction of sp³-hybridized carbons (Fsp3) is 0.381. The first-order valence-electron chi connectivity index (χ1n) is 9.15. The SMILES string of the molecule is O=C(N[N+]1(CC(O)c2ccccc2)CCCCCC1)c1ccccc1. The van der Waals surface area contributed by atoms with E-state index in [0.717, 1.165) is 31.5 Å². The standard InChI is InChI=1S/C21H26N2O2/c24-20(18-11-5-3-6-12-18)17-23(15-9-1-2-10-16-23)22-21(25)19-13-7-4-8-14-19/h3-8,11-14,20,24H,1-2,9-10,15-17H2/p+1. The van der Waals surface area contributed by atoms with Crippen molar-refractivity contribution >= 4 is 5.91 Å². The number of amides is 1. The van der Waals surface area contributed by atoms with Gasteiger partial charge in [0.15, 0.2) is 0 Å². The Morgan fingerprint density at radius 1 is 0.920 bits per heavy atom. The van der Waals surface area contributed by atoms with E-state index < -0.39 is 6.10 Å². The third-order valence-corrected chi connectivity index (χ3v) is 5.00. The van der Waals surface area contributed by atoms with Crippen molar-refractivity contribution in [2.24, 2.45) is 0 Å². The van der Waals surface area contributed by atoms with E-state index in [1.165, 1.54) is 12.8 Å². The zero-order valence-electron chi connectivity index (χ0n) is 14.6. The molecule has 1 heterocycles. The second-order valence-corrected chi connectivity index (χ2v) is 6.92. The van der Waals surface area contributed by atoms with Gasteiger partial charge in [-0.15, -0.1) is 0 Å². The van der Waals surface area contributed by atoms with Crippen molar-refractivity contribution < 1.29 is 14.5 Å². The molecule has 1 atom stereocenters. The third-order valence-electron chi connectivity index (χ3n) is 5.00. The van der Waals surface area contributed by atoms with Crippen LogP contribution in [0.2, 0.25) is 0 Å². The topological polar surface area (TPSA) is 49.3 Å². The summed E-state index contributed by atoms with van der Waals surface area (Å²) in [5, 5.41) is 10.7. The van der Waals surface area contributed by atoms with E-state index in [9.17, 15) is 9.90 Å². The summed E-state index contributed by atoms with van der Waals surface area (Å²) in [6, 6.07) is 19.0. The van der Waals surface area contributed by atoms with Gasteiger partial charge in [-0.2, -0.15) is 5.43 Å². The summed E-state index contributed by atoms with van der Waals surface area (Å²) >= 11 is 0. The van der Waals surface area contributed by atoms with Gasteiger partial charge in [-0.1, -0.05) is 48.5 Å². The summed E-state index contributed by atoms with van der Waals surface area (Å²) in [5.41, 5.74) is 4.79. The molecule has 2 aromatic rings. The summed E-state index contributed by atoms with van der Waals surface area (Å²) in [7, 11) is 0. The molecule has 3 rings (SSSR count). The highest BCUT2D eigenvalue weighted by Gasteiger charge is 2.34. The second-order valence-electron chi connectivity index (χ2n) is 6.92. The summed E-state index contributed by atoms with van der Waals surface area (Å²) in [6.07, 6.45) is 3.91. The Morgan fingerprint density at radius 3 is 2.08 bits per heavy atom. The smallest absolute Gasteiger partial charge is 0.295 e. The van der Waals surface area contributed by atoms with Gasteiger partial charge in [-0.25, -0.2) is 4.59 Å². The molecule has 2 N–H and O–H groups in total. The number of aliphatic hydroxyl groups is 1. The number of nitrogens with zero attached hydrogens (tertiary/aromatic N) is 1. The van der Waals surface area contributed by atoms with Gasteiger partial charge in [0.25, 0.3) is 5.91 Å². The molecule has 0 spiro atoms. The maximum absolute atomic E-state index is 12.7. The Bertz CT molecular complexity index is 665. The zero-order chi connectivity index (χ0) is 17.5. The minimum absolute atomic E-state index is 0.0669. The summed E-state index contributed by atoms with van der Waals surface area (Å²) in [5.74, 6) is -0.0669. The molecule has 25 heavy (non-hydrogen) atoms. The van der Waals surface area contributed by atoms with Gasteiger partial charge in [0, 0.05) is 5.56 Å². The summed E-state index contributed by atoms with van der Waals surface area (Å²) < 4.78 is 0.448. The normalized spacial score (nSPS) is 18.1. The Morgan fingerprint density at radius 2 is 1.48 bits per heavy atom. The predicted octanol–water partition coefficient (Wildman–Crippen LogP) is 3.46. The maximum atomic E-state index is 12.7. The van der Waals surface area contributed by atoms with Crippen LogP contribution in [-0.2, 0) is 0 Å². The minimum atomic E-state index is -0.588. The second kappa shape index (κ2) is 8.28. The van der Waals surface area contributed by atoms with E-state index in [1.807, 2.05) is 60.7 Å². The molecule has 1 unspecified atom stereocenters. The number of rotatable bonds is 5. The van der Waals surface area contributed by atoms with Gasteiger partial charge < -0.3 is 5.11 Å². The molecule has 0 aromatic heterocycles. The van der Waals surface area contributed by atoms with Crippen molar-refractivity contribution in [3.8, 4) is 0 Å². The zero-order valence-corrected chi connectivity index (χ0v) is 14.6. The minimum Gasteiger partial charge on any atom is -0.382 e. The molecule has 0 saturated carbocycles. The van der Waals surface area contributed by atoms with E-state index in [-0.39, 0.29) is 5.91 Å². The lowest BCUT2D eigenvalue weighted by Crippen LogP contribution is -2.62. The first kappa shape index (κ1) is 17.6. The van der Waals surface area contributed by atoms with E-state index >= 15 is 0 Å². The Labute approximate surface area is 149 Å². The van der Waals surface area contributed by atoms with Gasteiger partial charge in [-0.05, 0) is 43.4 Å². The molecular weight excluding hydrogens is 312 g/mol. The lowest BCUT2D eigenvalue weighted by Gasteiger charge is -2.38. The predicted molar refractivity (Wildman–Crippen MR) is 98.6 cm³/mol. The number of hydrogen-bond acceptors (Lipinski definition) is 2. The van der Waals surface area contributed by atoms with E-state index in [1.54, 1.807) is 0 Å². The number of carbonyl (C=O) groups excluding carboxylic acids is 1. The van der Waals surface area contributed by atoms with E-state index in [0.29, 0.717) is 16.7 Å². The molecule has 0 aliphatic carbocycles. The van der Waals surface area contributed by atoms with Crippen molar-refractivity contribution in [3.63, 3.8) is 0 Å². The Kier molecular flexibility index (Phi) is 5.84. The van der Waals surface area contributed by atoms with Gasteiger partial charge in [0.2, 0.25) is 0 Å². The van der Waals surface area contributed by atoms with Crippen LogP contribution in [0.5, 0.6) is 0 Å². The molecule has 1 saturated heterocycles. The van der Waals surface area contributed by atoms with Gasteiger partial charge in [0.1, 0.15) is 25.7 Å².